The third-order valence-electron chi connectivity index (χ3n) is 4.05. The first kappa shape index (κ1) is 21.2. The highest BCUT2D eigenvalue weighted by Gasteiger charge is 2.15. The number of sulfonamides is 1. The number of hydrogen-bond donors (Lipinski definition) is 2. The van der Waals surface area contributed by atoms with E-state index >= 15 is 0 Å². The first-order valence-corrected chi connectivity index (χ1v) is 11.4. The van der Waals surface area contributed by atoms with E-state index < -0.39 is 10.0 Å². The summed E-state index contributed by atoms with van der Waals surface area (Å²) in [4.78, 5) is 14.3. The van der Waals surface area contributed by atoms with E-state index in [1.807, 2.05) is 25.1 Å². The molecule has 0 radical (unpaired) electrons. The number of amides is 1. The molecule has 29 heavy (non-hydrogen) atoms. The minimum absolute atomic E-state index is 0.150. The fourth-order valence-corrected chi connectivity index (χ4v) is 4.91. The molecule has 2 aromatic carbocycles. The van der Waals surface area contributed by atoms with Crippen LogP contribution in [0.4, 0.5) is 17.1 Å². The Morgan fingerprint density at radius 1 is 1.10 bits per heavy atom. The topological polar surface area (TPSA) is 78.5 Å². The van der Waals surface area contributed by atoms with E-state index in [4.69, 9.17) is 11.6 Å². The second-order valence-electron chi connectivity index (χ2n) is 6.52. The molecule has 0 saturated carbocycles. The highest BCUT2D eigenvalue weighted by Crippen LogP contribution is 2.28. The quantitative estimate of drug-likeness (QED) is 0.558. The number of benzene rings is 2. The van der Waals surface area contributed by atoms with Crippen LogP contribution in [0.2, 0.25) is 5.02 Å². The molecule has 0 aliphatic rings. The number of carbonyl (C=O) groups is 1. The van der Waals surface area contributed by atoms with Gasteiger partial charge in [-0.05, 0) is 47.3 Å². The molecule has 1 heterocycles. The van der Waals surface area contributed by atoms with Gasteiger partial charge in [0.25, 0.3) is 10.0 Å². The molecule has 1 aromatic heterocycles. The molecule has 1 amide bonds. The van der Waals surface area contributed by atoms with Crippen molar-refractivity contribution >= 4 is 55.9 Å². The van der Waals surface area contributed by atoms with Crippen LogP contribution < -0.4 is 14.9 Å². The number of carbonyl (C=O) groups excluding carboxylic acids is 1. The summed E-state index contributed by atoms with van der Waals surface area (Å²) in [6.07, 6.45) is 0.150. The molecule has 0 saturated heterocycles. The molecule has 0 unspecified atom stereocenters. The van der Waals surface area contributed by atoms with Crippen molar-refractivity contribution in [1.29, 1.82) is 0 Å². The zero-order chi connectivity index (χ0) is 21.0. The fourth-order valence-electron chi connectivity index (χ4n) is 2.69. The second kappa shape index (κ2) is 8.86. The maximum absolute atomic E-state index is 12.5. The molecule has 3 aromatic rings. The van der Waals surface area contributed by atoms with Gasteiger partial charge in [0.15, 0.2) is 0 Å². The predicted octanol–water partition coefficient (Wildman–Crippen LogP) is 4.45. The van der Waals surface area contributed by atoms with Gasteiger partial charge in [-0.2, -0.15) is 0 Å². The van der Waals surface area contributed by atoms with Gasteiger partial charge >= 0.3 is 0 Å². The highest BCUT2D eigenvalue weighted by molar-refractivity contribution is 7.94. The second-order valence-corrected chi connectivity index (χ2v) is 9.81. The number of halogens is 1. The van der Waals surface area contributed by atoms with Crippen LogP contribution >= 0.6 is 22.9 Å². The summed E-state index contributed by atoms with van der Waals surface area (Å²) in [5, 5.41) is 5.12. The van der Waals surface area contributed by atoms with Gasteiger partial charge in [0.2, 0.25) is 5.91 Å². The van der Waals surface area contributed by atoms with Crippen molar-refractivity contribution in [2.24, 2.45) is 0 Å². The number of nitrogens with one attached hydrogen (secondary N) is 2. The largest absolute Gasteiger partial charge is 0.376 e. The Bertz CT molecular complexity index is 1100. The summed E-state index contributed by atoms with van der Waals surface area (Å²) in [7, 11) is 0.176. The highest BCUT2D eigenvalue weighted by atomic mass is 35.5. The summed E-state index contributed by atoms with van der Waals surface area (Å²) in [5.74, 6) is -0.192. The molecular formula is C20H20ClN3O3S2. The molecule has 0 aliphatic heterocycles. The van der Waals surface area contributed by atoms with Crippen LogP contribution in [0.3, 0.4) is 0 Å². The van der Waals surface area contributed by atoms with Crippen molar-refractivity contribution in [3.63, 3.8) is 0 Å². The molecule has 2 N–H and O–H groups in total. The lowest BCUT2D eigenvalue weighted by molar-refractivity contribution is -0.115. The molecule has 0 fully saturated rings. The summed E-state index contributed by atoms with van der Waals surface area (Å²) in [6, 6.07) is 15.3. The molecule has 0 bridgehead atoms. The van der Waals surface area contributed by atoms with Gasteiger partial charge in [0.1, 0.15) is 4.21 Å². The minimum Gasteiger partial charge on any atom is -0.376 e. The van der Waals surface area contributed by atoms with Crippen LogP contribution in [0.1, 0.15) is 5.56 Å². The van der Waals surface area contributed by atoms with E-state index in [-0.39, 0.29) is 16.5 Å². The van der Waals surface area contributed by atoms with Crippen LogP contribution in [0.15, 0.2) is 64.2 Å². The van der Waals surface area contributed by atoms with E-state index in [9.17, 15) is 13.2 Å². The third kappa shape index (κ3) is 5.50. The van der Waals surface area contributed by atoms with Gasteiger partial charge in [-0.1, -0.05) is 29.8 Å². The monoisotopic (exact) mass is 449 g/mol. The molecular weight excluding hydrogens is 430 g/mol. The SMILES string of the molecule is CN(C)c1ccc(Cl)cc1NC(=O)Cc1ccc(NS(=O)(=O)c2cccs2)cc1. The van der Waals surface area contributed by atoms with Crippen molar-refractivity contribution in [2.75, 3.05) is 29.0 Å². The lowest BCUT2D eigenvalue weighted by Crippen LogP contribution is -2.18. The standard InChI is InChI=1S/C20H20ClN3O3S2/c1-24(2)18-10-7-15(21)13-17(18)22-19(25)12-14-5-8-16(9-6-14)23-29(26,27)20-4-3-11-28-20/h3-11,13,23H,12H2,1-2H3,(H,22,25). The van der Waals surface area contributed by atoms with Gasteiger partial charge in [0.05, 0.1) is 17.8 Å². The average Bonchev–Trinajstić information content (AvgIpc) is 3.18. The lowest BCUT2D eigenvalue weighted by Gasteiger charge is -2.18. The van der Waals surface area contributed by atoms with Crippen molar-refractivity contribution in [2.45, 2.75) is 10.6 Å². The molecule has 0 atom stereocenters. The Hall–Kier alpha value is -2.55. The minimum atomic E-state index is -3.59. The molecule has 152 valence electrons. The number of rotatable bonds is 7. The van der Waals surface area contributed by atoms with Crippen molar-refractivity contribution in [3.8, 4) is 0 Å². The third-order valence-corrected chi connectivity index (χ3v) is 7.06. The zero-order valence-electron chi connectivity index (χ0n) is 15.8. The summed E-state index contributed by atoms with van der Waals surface area (Å²) < 4.78 is 27.3. The number of nitrogens with zero attached hydrogens (tertiary/aromatic N) is 1. The first-order valence-electron chi connectivity index (χ1n) is 8.66. The van der Waals surface area contributed by atoms with Crippen LogP contribution in [-0.2, 0) is 21.2 Å². The van der Waals surface area contributed by atoms with E-state index in [2.05, 4.69) is 10.0 Å². The number of hydrogen-bond acceptors (Lipinski definition) is 5. The zero-order valence-corrected chi connectivity index (χ0v) is 18.2. The van der Waals surface area contributed by atoms with Gasteiger partial charge in [-0.3, -0.25) is 9.52 Å². The summed E-state index contributed by atoms with van der Waals surface area (Å²) in [5.41, 5.74) is 2.68. The van der Waals surface area contributed by atoms with Crippen LogP contribution in [0.5, 0.6) is 0 Å². The van der Waals surface area contributed by atoms with Crippen LogP contribution in [0.25, 0.3) is 0 Å². The summed E-state index contributed by atoms with van der Waals surface area (Å²) in [6.45, 7) is 0. The van der Waals surface area contributed by atoms with Crippen LogP contribution in [0, 0.1) is 0 Å². The Morgan fingerprint density at radius 2 is 1.83 bits per heavy atom. The molecule has 3 rings (SSSR count). The smallest absolute Gasteiger partial charge is 0.271 e. The molecule has 0 aliphatic carbocycles. The van der Waals surface area contributed by atoms with E-state index in [1.165, 1.54) is 0 Å². The Morgan fingerprint density at radius 3 is 2.45 bits per heavy atom. The normalized spacial score (nSPS) is 11.1. The van der Waals surface area contributed by atoms with Gasteiger partial charge in [0, 0.05) is 24.8 Å². The Kier molecular flexibility index (Phi) is 6.46. The summed E-state index contributed by atoms with van der Waals surface area (Å²) >= 11 is 7.20. The van der Waals surface area contributed by atoms with Crippen molar-refractivity contribution in [3.05, 3.63) is 70.6 Å². The first-order chi connectivity index (χ1) is 13.7. The maximum atomic E-state index is 12.5. The van der Waals surface area contributed by atoms with Crippen molar-refractivity contribution in [1.82, 2.24) is 0 Å². The Balaban J connectivity index is 1.66. The molecule has 6 nitrogen and oxygen atoms in total. The van der Waals surface area contributed by atoms with Gasteiger partial charge in [-0.15, -0.1) is 11.3 Å². The predicted molar refractivity (Wildman–Crippen MR) is 120 cm³/mol. The van der Waals surface area contributed by atoms with Crippen molar-refractivity contribution < 1.29 is 13.2 Å². The van der Waals surface area contributed by atoms with Gasteiger partial charge < -0.3 is 10.2 Å². The van der Waals surface area contributed by atoms with E-state index in [0.29, 0.717) is 16.4 Å². The maximum Gasteiger partial charge on any atom is 0.271 e. The van der Waals surface area contributed by atoms with Crippen LogP contribution in [-0.4, -0.2) is 28.4 Å². The average molecular weight is 450 g/mol. The lowest BCUT2D eigenvalue weighted by atomic mass is 10.1. The number of anilines is 3. The fraction of sp³-hybridized carbons (Fsp3) is 0.150. The van der Waals surface area contributed by atoms with Gasteiger partial charge in [-0.25, -0.2) is 8.42 Å². The molecule has 9 heteroatoms. The van der Waals surface area contributed by atoms with E-state index in [1.54, 1.807) is 53.9 Å². The van der Waals surface area contributed by atoms with E-state index in [0.717, 1.165) is 22.6 Å². The Labute approximate surface area is 179 Å². The molecule has 0 spiro atoms. The number of thiophene rings is 1.